The number of hydrogen-bond donors (Lipinski definition) is 2. The van der Waals surface area contributed by atoms with Crippen molar-refractivity contribution in [3.8, 4) is 0 Å². The fourth-order valence-electron chi connectivity index (χ4n) is 2.09. The minimum atomic E-state index is 0.595. The fourth-order valence-corrected chi connectivity index (χ4v) is 3.09. The van der Waals surface area contributed by atoms with Gasteiger partial charge >= 0.3 is 0 Å². The van der Waals surface area contributed by atoms with Gasteiger partial charge in [-0.1, -0.05) is 6.92 Å². The molecule has 104 valence electrons. The molecule has 4 nitrogen and oxygen atoms in total. The smallest absolute Gasteiger partial charge is 0.138 e. The van der Waals surface area contributed by atoms with Crippen LogP contribution in [-0.4, -0.2) is 23.1 Å². The van der Waals surface area contributed by atoms with Crippen molar-refractivity contribution in [2.75, 3.05) is 18.4 Å². The molecule has 3 N–H and O–H groups in total. The third-order valence-electron chi connectivity index (χ3n) is 3.53. The van der Waals surface area contributed by atoms with Crippen molar-refractivity contribution in [2.24, 2.45) is 11.7 Å². The second-order valence-electron chi connectivity index (χ2n) is 5.10. The number of anilines is 1. The summed E-state index contributed by atoms with van der Waals surface area (Å²) in [6.07, 6.45) is 3.91. The Hall–Kier alpha value is -1.20. The van der Waals surface area contributed by atoms with Gasteiger partial charge in [0, 0.05) is 11.4 Å². The van der Waals surface area contributed by atoms with Gasteiger partial charge in [0.25, 0.3) is 0 Å². The van der Waals surface area contributed by atoms with Crippen molar-refractivity contribution in [3.05, 3.63) is 16.8 Å². The molecule has 0 aliphatic carbocycles. The lowest BCUT2D eigenvalue weighted by molar-refractivity contribution is 0.529. The highest BCUT2D eigenvalue weighted by Crippen LogP contribution is 2.32. The molecule has 0 spiro atoms. The first-order valence-corrected chi connectivity index (χ1v) is 7.59. The number of nitrogens with zero attached hydrogens (tertiary/aromatic N) is 2. The van der Waals surface area contributed by atoms with E-state index in [1.807, 2.05) is 0 Å². The zero-order valence-corrected chi connectivity index (χ0v) is 12.7. The number of aryl methyl sites for hydroxylation is 2. The summed E-state index contributed by atoms with van der Waals surface area (Å²) in [5, 5.41) is 4.61. The zero-order chi connectivity index (χ0) is 13.8. The number of rotatable bonds is 6. The lowest BCUT2D eigenvalue weighted by Crippen LogP contribution is -2.12. The Morgan fingerprint density at radius 1 is 1.37 bits per heavy atom. The predicted molar refractivity (Wildman–Crippen MR) is 82.8 cm³/mol. The highest BCUT2D eigenvalue weighted by molar-refractivity contribution is 7.18. The maximum Gasteiger partial charge on any atom is 0.138 e. The molecular weight excluding hydrogens is 256 g/mol. The van der Waals surface area contributed by atoms with Gasteiger partial charge in [-0.2, -0.15) is 0 Å². The van der Waals surface area contributed by atoms with E-state index >= 15 is 0 Å². The van der Waals surface area contributed by atoms with E-state index in [0.717, 1.165) is 36.6 Å². The number of thiophene rings is 1. The Balaban J connectivity index is 2.04. The van der Waals surface area contributed by atoms with Crippen LogP contribution in [0.5, 0.6) is 0 Å². The molecule has 0 aliphatic heterocycles. The minimum Gasteiger partial charge on any atom is -0.369 e. The van der Waals surface area contributed by atoms with Crippen molar-refractivity contribution in [1.29, 1.82) is 0 Å². The van der Waals surface area contributed by atoms with Crippen molar-refractivity contribution >= 4 is 27.4 Å². The Kier molecular flexibility index (Phi) is 4.71. The first-order valence-electron chi connectivity index (χ1n) is 6.78. The molecule has 0 aliphatic rings. The fraction of sp³-hybridized carbons (Fsp3) is 0.571. The van der Waals surface area contributed by atoms with Crippen molar-refractivity contribution in [2.45, 2.75) is 33.6 Å². The zero-order valence-electron chi connectivity index (χ0n) is 11.9. The molecule has 1 unspecified atom stereocenters. The quantitative estimate of drug-likeness (QED) is 0.797. The molecule has 1 atom stereocenters. The maximum absolute atomic E-state index is 5.62. The SMILES string of the molecule is Cc1sc2ncnc(NCCCC(C)CN)c2c1C. The molecule has 0 radical (unpaired) electrons. The number of fused-ring (bicyclic) bond motifs is 1. The van der Waals surface area contributed by atoms with Crippen LogP contribution in [-0.2, 0) is 0 Å². The average Bonchev–Trinajstić information content (AvgIpc) is 2.70. The number of aromatic nitrogens is 2. The van der Waals surface area contributed by atoms with Crippen LogP contribution < -0.4 is 11.1 Å². The van der Waals surface area contributed by atoms with E-state index in [9.17, 15) is 0 Å². The van der Waals surface area contributed by atoms with Crippen molar-refractivity contribution in [3.63, 3.8) is 0 Å². The van der Waals surface area contributed by atoms with Gasteiger partial charge in [-0.3, -0.25) is 0 Å². The number of hydrogen-bond acceptors (Lipinski definition) is 5. The molecule has 0 saturated heterocycles. The van der Waals surface area contributed by atoms with Crippen LogP contribution in [0, 0.1) is 19.8 Å². The Bertz CT molecular complexity index is 550. The van der Waals surface area contributed by atoms with Crippen LogP contribution in [0.15, 0.2) is 6.33 Å². The highest BCUT2D eigenvalue weighted by Gasteiger charge is 2.11. The third kappa shape index (κ3) is 3.22. The van der Waals surface area contributed by atoms with Gasteiger partial charge in [0.2, 0.25) is 0 Å². The molecule has 0 fully saturated rings. The standard InChI is InChI=1S/C14H22N4S/c1-9(7-15)5-4-6-16-13-12-10(2)11(3)19-14(12)18-8-17-13/h8-9H,4-7,15H2,1-3H3,(H,16,17,18). The molecule has 0 aromatic carbocycles. The number of nitrogens with two attached hydrogens (primary N) is 1. The second kappa shape index (κ2) is 6.30. The first kappa shape index (κ1) is 14.2. The summed E-state index contributed by atoms with van der Waals surface area (Å²) >= 11 is 1.73. The number of nitrogens with one attached hydrogen (secondary N) is 1. The summed E-state index contributed by atoms with van der Waals surface area (Å²) < 4.78 is 0. The Morgan fingerprint density at radius 2 is 2.16 bits per heavy atom. The molecule has 0 bridgehead atoms. The van der Waals surface area contributed by atoms with Crippen LogP contribution in [0.25, 0.3) is 10.2 Å². The van der Waals surface area contributed by atoms with Crippen LogP contribution in [0.4, 0.5) is 5.82 Å². The molecule has 0 amide bonds. The van der Waals surface area contributed by atoms with Crippen LogP contribution >= 0.6 is 11.3 Å². The van der Waals surface area contributed by atoms with Crippen LogP contribution in [0.2, 0.25) is 0 Å². The van der Waals surface area contributed by atoms with E-state index in [1.54, 1.807) is 17.7 Å². The lowest BCUT2D eigenvalue weighted by atomic mass is 10.1. The summed E-state index contributed by atoms with van der Waals surface area (Å²) in [4.78, 5) is 11.1. The van der Waals surface area contributed by atoms with Gasteiger partial charge in [0.15, 0.2) is 0 Å². The van der Waals surface area contributed by atoms with Crippen LogP contribution in [0.3, 0.4) is 0 Å². The van der Waals surface area contributed by atoms with E-state index in [-0.39, 0.29) is 0 Å². The lowest BCUT2D eigenvalue weighted by Gasteiger charge is -2.10. The van der Waals surface area contributed by atoms with Gasteiger partial charge in [-0.25, -0.2) is 9.97 Å². The Labute approximate surface area is 118 Å². The van der Waals surface area contributed by atoms with Gasteiger partial charge < -0.3 is 11.1 Å². The third-order valence-corrected chi connectivity index (χ3v) is 4.65. The molecule has 19 heavy (non-hydrogen) atoms. The highest BCUT2D eigenvalue weighted by atomic mass is 32.1. The molecule has 2 aromatic heterocycles. The summed E-state index contributed by atoms with van der Waals surface area (Å²) in [6.45, 7) is 8.16. The summed E-state index contributed by atoms with van der Waals surface area (Å²) in [7, 11) is 0. The average molecular weight is 278 g/mol. The van der Waals surface area contributed by atoms with Crippen molar-refractivity contribution in [1.82, 2.24) is 9.97 Å². The van der Waals surface area contributed by atoms with E-state index in [0.29, 0.717) is 5.92 Å². The monoisotopic (exact) mass is 278 g/mol. The predicted octanol–water partition coefficient (Wildman–Crippen LogP) is 3.10. The second-order valence-corrected chi connectivity index (χ2v) is 6.30. The summed E-state index contributed by atoms with van der Waals surface area (Å²) in [5.41, 5.74) is 6.91. The van der Waals surface area contributed by atoms with Crippen molar-refractivity contribution < 1.29 is 0 Å². The topological polar surface area (TPSA) is 63.8 Å². The molecule has 2 rings (SSSR count). The maximum atomic E-state index is 5.62. The minimum absolute atomic E-state index is 0.595. The summed E-state index contributed by atoms with van der Waals surface area (Å²) in [6, 6.07) is 0. The van der Waals surface area contributed by atoms with E-state index in [4.69, 9.17) is 5.73 Å². The van der Waals surface area contributed by atoms with Gasteiger partial charge in [0.05, 0.1) is 5.39 Å². The molecular formula is C14H22N4S. The molecule has 0 saturated carbocycles. The molecule has 5 heteroatoms. The van der Waals surface area contributed by atoms with E-state index in [2.05, 4.69) is 36.1 Å². The normalized spacial score (nSPS) is 12.8. The van der Waals surface area contributed by atoms with Gasteiger partial charge in [-0.05, 0) is 44.7 Å². The van der Waals surface area contributed by atoms with Gasteiger partial charge in [0.1, 0.15) is 17.0 Å². The van der Waals surface area contributed by atoms with Crippen LogP contribution in [0.1, 0.15) is 30.2 Å². The largest absolute Gasteiger partial charge is 0.369 e. The molecule has 2 aromatic rings. The first-order chi connectivity index (χ1) is 9.13. The van der Waals surface area contributed by atoms with E-state index < -0.39 is 0 Å². The summed E-state index contributed by atoms with van der Waals surface area (Å²) in [5.74, 6) is 1.56. The van der Waals surface area contributed by atoms with E-state index in [1.165, 1.54) is 15.8 Å². The molecule has 2 heterocycles. The Morgan fingerprint density at radius 3 is 2.89 bits per heavy atom. The van der Waals surface area contributed by atoms with Gasteiger partial charge in [-0.15, -0.1) is 11.3 Å².